The van der Waals surface area contributed by atoms with Gasteiger partial charge in [0.25, 0.3) is 0 Å². The van der Waals surface area contributed by atoms with E-state index in [1.165, 1.54) is 6.07 Å². The van der Waals surface area contributed by atoms with E-state index in [-0.39, 0.29) is 5.82 Å². The minimum atomic E-state index is -0.268. The number of nitriles is 1. The largest absolute Gasteiger partial charge is 0.397 e. The first-order valence-electron chi connectivity index (χ1n) is 5.78. The van der Waals surface area contributed by atoms with Crippen LogP contribution < -0.4 is 5.73 Å². The zero-order valence-electron chi connectivity index (χ0n) is 10.2. The van der Waals surface area contributed by atoms with Gasteiger partial charge >= 0.3 is 0 Å². The van der Waals surface area contributed by atoms with Gasteiger partial charge in [0, 0.05) is 11.3 Å². The molecule has 0 aliphatic heterocycles. The van der Waals surface area contributed by atoms with Gasteiger partial charge in [-0.25, -0.2) is 4.39 Å². The molecule has 0 saturated carbocycles. The molecule has 4 heteroatoms. The van der Waals surface area contributed by atoms with Crippen LogP contribution in [0.15, 0.2) is 30.3 Å². The topological polar surface area (TPSA) is 54.7 Å². The summed E-state index contributed by atoms with van der Waals surface area (Å²) >= 11 is 0. The summed E-state index contributed by atoms with van der Waals surface area (Å²) in [7, 11) is 0. The summed E-state index contributed by atoms with van der Waals surface area (Å²) < 4.78 is 15.4. The Balaban J connectivity index is 2.46. The molecule has 0 amide bonds. The quantitative estimate of drug-likeness (QED) is 0.901. The molecule has 18 heavy (non-hydrogen) atoms. The number of anilines is 1. The van der Waals surface area contributed by atoms with Crippen molar-refractivity contribution < 1.29 is 4.39 Å². The van der Waals surface area contributed by atoms with Crippen LogP contribution in [0.4, 0.5) is 10.1 Å². The summed E-state index contributed by atoms with van der Waals surface area (Å²) in [5, 5.41) is 9.08. The van der Waals surface area contributed by atoms with E-state index in [1.807, 2.05) is 6.92 Å². The van der Waals surface area contributed by atoms with Crippen LogP contribution in [0.3, 0.4) is 0 Å². The normalized spacial score (nSPS) is 10.3. The smallest absolute Gasteiger partial charge is 0.128 e. The third kappa shape index (κ3) is 2.07. The number of aromatic nitrogens is 1. The fourth-order valence-corrected chi connectivity index (χ4v) is 2.07. The van der Waals surface area contributed by atoms with Gasteiger partial charge in [0.2, 0.25) is 0 Å². The highest BCUT2D eigenvalue weighted by molar-refractivity contribution is 5.51. The summed E-state index contributed by atoms with van der Waals surface area (Å²) in [6, 6.07) is 10.3. The molecule has 1 heterocycles. The first-order valence-corrected chi connectivity index (χ1v) is 5.78. The van der Waals surface area contributed by atoms with Gasteiger partial charge in [-0.15, -0.1) is 0 Å². The van der Waals surface area contributed by atoms with E-state index in [2.05, 4.69) is 6.07 Å². The Kier molecular flexibility index (Phi) is 3.33. The van der Waals surface area contributed by atoms with Crippen molar-refractivity contribution in [2.24, 2.45) is 0 Å². The first-order chi connectivity index (χ1) is 8.67. The summed E-state index contributed by atoms with van der Waals surface area (Å²) in [5.74, 6) is -0.268. The number of nitrogens with two attached hydrogens (primary N) is 1. The molecule has 0 fully saturated rings. The van der Waals surface area contributed by atoms with Gasteiger partial charge in [-0.2, -0.15) is 5.26 Å². The average Bonchev–Trinajstić information content (AvgIpc) is 2.67. The molecule has 2 aromatic rings. The highest BCUT2D eigenvalue weighted by Gasteiger charge is 2.13. The molecule has 1 aromatic heterocycles. The van der Waals surface area contributed by atoms with Crippen LogP contribution in [0.25, 0.3) is 0 Å². The monoisotopic (exact) mass is 243 g/mol. The maximum atomic E-state index is 13.6. The highest BCUT2D eigenvalue weighted by atomic mass is 19.1. The SMILES string of the molecule is CCc1c(N)cc(C#N)n1Cc1ccccc1F. The van der Waals surface area contributed by atoms with Gasteiger partial charge in [-0.05, 0) is 18.6 Å². The summed E-state index contributed by atoms with van der Waals surface area (Å²) in [6.45, 7) is 2.29. The van der Waals surface area contributed by atoms with Crippen molar-refractivity contribution in [3.8, 4) is 6.07 Å². The van der Waals surface area contributed by atoms with E-state index in [1.54, 1.807) is 28.8 Å². The molecule has 2 N–H and O–H groups in total. The number of benzene rings is 1. The molecule has 0 bridgehead atoms. The second-order valence-corrected chi connectivity index (χ2v) is 4.07. The maximum Gasteiger partial charge on any atom is 0.128 e. The van der Waals surface area contributed by atoms with Crippen LogP contribution in [0.2, 0.25) is 0 Å². The Bertz CT molecular complexity index is 608. The molecule has 0 aliphatic carbocycles. The summed E-state index contributed by atoms with van der Waals surface area (Å²) in [6.07, 6.45) is 0.710. The zero-order chi connectivity index (χ0) is 13.1. The van der Waals surface area contributed by atoms with Gasteiger partial charge in [0.1, 0.15) is 17.6 Å². The predicted octanol–water partition coefficient (Wildman–Crippen LogP) is 2.69. The Hall–Kier alpha value is -2.28. The second kappa shape index (κ2) is 4.92. The standard InChI is InChI=1S/C14H14FN3/c1-2-14-13(17)7-11(8-16)18(14)9-10-5-3-4-6-12(10)15/h3-7H,2,9,17H2,1H3. The molecule has 0 saturated heterocycles. The van der Waals surface area contributed by atoms with Gasteiger partial charge in [-0.3, -0.25) is 0 Å². The molecule has 0 radical (unpaired) electrons. The number of nitrogen functional groups attached to an aromatic ring is 1. The van der Waals surface area contributed by atoms with Crippen molar-refractivity contribution in [3.63, 3.8) is 0 Å². The van der Waals surface area contributed by atoms with E-state index in [0.717, 1.165) is 5.69 Å². The molecule has 0 spiro atoms. The lowest BCUT2D eigenvalue weighted by molar-refractivity contribution is 0.595. The van der Waals surface area contributed by atoms with Gasteiger partial charge in [0.15, 0.2) is 0 Å². The second-order valence-electron chi connectivity index (χ2n) is 4.07. The van der Waals surface area contributed by atoms with Crippen molar-refractivity contribution >= 4 is 5.69 Å². The van der Waals surface area contributed by atoms with E-state index in [9.17, 15) is 4.39 Å². The van der Waals surface area contributed by atoms with Crippen LogP contribution in [-0.4, -0.2) is 4.57 Å². The van der Waals surface area contributed by atoms with E-state index >= 15 is 0 Å². The number of rotatable bonds is 3. The number of hydrogen-bond donors (Lipinski definition) is 1. The Morgan fingerprint density at radius 3 is 2.72 bits per heavy atom. The van der Waals surface area contributed by atoms with E-state index in [0.29, 0.717) is 29.9 Å². The fraction of sp³-hybridized carbons (Fsp3) is 0.214. The maximum absolute atomic E-state index is 13.6. The molecule has 1 aromatic carbocycles. The lowest BCUT2D eigenvalue weighted by Crippen LogP contribution is -2.08. The predicted molar refractivity (Wildman–Crippen MR) is 68.4 cm³/mol. The zero-order valence-corrected chi connectivity index (χ0v) is 10.2. The van der Waals surface area contributed by atoms with Gasteiger partial charge in [-0.1, -0.05) is 25.1 Å². The summed E-state index contributed by atoms with van der Waals surface area (Å²) in [5.41, 5.74) is 8.33. The minimum Gasteiger partial charge on any atom is -0.397 e. The van der Waals surface area contributed by atoms with Crippen LogP contribution in [0.5, 0.6) is 0 Å². The molecule has 92 valence electrons. The van der Waals surface area contributed by atoms with Crippen LogP contribution in [0.1, 0.15) is 23.9 Å². The lowest BCUT2D eigenvalue weighted by atomic mass is 10.2. The minimum absolute atomic E-state index is 0.268. The molecular weight excluding hydrogens is 229 g/mol. The van der Waals surface area contributed by atoms with E-state index in [4.69, 9.17) is 11.0 Å². The van der Waals surface area contributed by atoms with Crippen LogP contribution in [-0.2, 0) is 13.0 Å². The van der Waals surface area contributed by atoms with Gasteiger partial charge < -0.3 is 10.3 Å². The number of nitrogens with zero attached hydrogens (tertiary/aromatic N) is 2. The van der Waals surface area contributed by atoms with Crippen molar-refractivity contribution in [2.75, 3.05) is 5.73 Å². The van der Waals surface area contributed by atoms with Crippen molar-refractivity contribution in [1.29, 1.82) is 5.26 Å². The molecule has 0 aliphatic rings. The molecular formula is C14H14FN3. The van der Waals surface area contributed by atoms with Crippen LogP contribution >= 0.6 is 0 Å². The Morgan fingerprint density at radius 2 is 2.11 bits per heavy atom. The van der Waals surface area contributed by atoms with Crippen molar-refractivity contribution in [3.05, 3.63) is 53.1 Å². The fourth-order valence-electron chi connectivity index (χ4n) is 2.07. The van der Waals surface area contributed by atoms with Crippen LogP contribution in [0, 0.1) is 17.1 Å². The molecule has 3 nitrogen and oxygen atoms in total. The first kappa shape index (κ1) is 12.2. The third-order valence-electron chi connectivity index (χ3n) is 2.98. The van der Waals surface area contributed by atoms with Crippen molar-refractivity contribution in [2.45, 2.75) is 19.9 Å². The Morgan fingerprint density at radius 1 is 1.39 bits per heavy atom. The average molecular weight is 243 g/mol. The van der Waals surface area contributed by atoms with Gasteiger partial charge in [0.05, 0.1) is 12.2 Å². The molecule has 2 rings (SSSR count). The third-order valence-corrected chi connectivity index (χ3v) is 2.98. The van der Waals surface area contributed by atoms with E-state index < -0.39 is 0 Å². The molecule has 0 unspecified atom stereocenters. The summed E-state index contributed by atoms with van der Waals surface area (Å²) in [4.78, 5) is 0. The molecule has 0 atom stereocenters. The number of hydrogen-bond acceptors (Lipinski definition) is 2. The van der Waals surface area contributed by atoms with Crippen molar-refractivity contribution in [1.82, 2.24) is 4.57 Å². The Labute approximate surface area is 105 Å². The lowest BCUT2D eigenvalue weighted by Gasteiger charge is -2.10. The highest BCUT2D eigenvalue weighted by Crippen LogP contribution is 2.21. The number of halogens is 1.